The monoisotopic (exact) mass is 499 g/mol. The van der Waals surface area contributed by atoms with Crippen molar-refractivity contribution in [3.8, 4) is 0 Å². The van der Waals surface area contributed by atoms with Gasteiger partial charge in [0.25, 0.3) is 11.5 Å². The number of benzene rings is 1. The summed E-state index contributed by atoms with van der Waals surface area (Å²) in [6.07, 6.45) is 1.15. The molecule has 1 aromatic heterocycles. The van der Waals surface area contributed by atoms with Crippen molar-refractivity contribution in [2.24, 2.45) is 12.5 Å². The van der Waals surface area contributed by atoms with Crippen molar-refractivity contribution < 1.29 is 14.3 Å². The predicted octanol–water partition coefficient (Wildman–Crippen LogP) is 2.72. The van der Waals surface area contributed by atoms with Crippen LogP contribution in [-0.4, -0.2) is 28.7 Å². The van der Waals surface area contributed by atoms with Gasteiger partial charge in [-0.1, -0.05) is 13.8 Å². The number of hydrogen-bond donors (Lipinski definition) is 3. The van der Waals surface area contributed by atoms with Gasteiger partial charge in [0.2, 0.25) is 0 Å². The first-order chi connectivity index (χ1) is 13.1. The molecule has 1 heterocycles. The van der Waals surface area contributed by atoms with Gasteiger partial charge in [0.15, 0.2) is 0 Å². The maximum Gasteiger partial charge on any atom is 0.255 e. The van der Waals surface area contributed by atoms with E-state index in [0.29, 0.717) is 29.5 Å². The average molecular weight is 499 g/mol. The highest BCUT2D eigenvalue weighted by Gasteiger charge is 2.36. The van der Waals surface area contributed by atoms with E-state index in [2.05, 4.69) is 10.6 Å². The van der Waals surface area contributed by atoms with E-state index in [4.69, 9.17) is 5.11 Å². The number of carbonyl (C=O) groups is 1. The highest BCUT2D eigenvalue weighted by Crippen LogP contribution is 2.39. The van der Waals surface area contributed by atoms with Gasteiger partial charge >= 0.3 is 0 Å². The van der Waals surface area contributed by atoms with Crippen LogP contribution < -0.4 is 16.2 Å². The summed E-state index contributed by atoms with van der Waals surface area (Å²) in [5, 5.41) is 14.7. The van der Waals surface area contributed by atoms with Crippen molar-refractivity contribution in [1.29, 1.82) is 0 Å². The zero-order valence-electron chi connectivity index (χ0n) is 16.0. The minimum atomic E-state index is -0.470. The molecule has 8 heteroatoms. The van der Waals surface area contributed by atoms with Crippen LogP contribution in [0.2, 0.25) is 0 Å². The number of nitrogens with one attached hydrogen (secondary N) is 2. The molecule has 0 bridgehead atoms. The first-order valence-corrected chi connectivity index (χ1v) is 10.1. The molecule has 2 aromatic rings. The maximum atomic E-state index is 14.4. The van der Waals surface area contributed by atoms with E-state index >= 15 is 0 Å². The van der Waals surface area contributed by atoms with Crippen molar-refractivity contribution in [1.82, 2.24) is 9.88 Å². The van der Waals surface area contributed by atoms with E-state index in [9.17, 15) is 14.0 Å². The second-order valence-electron chi connectivity index (χ2n) is 7.79. The van der Waals surface area contributed by atoms with E-state index in [1.165, 1.54) is 10.6 Å². The Morgan fingerprint density at radius 2 is 2.00 bits per heavy atom. The van der Waals surface area contributed by atoms with E-state index in [1.807, 2.05) is 36.4 Å². The Kier molecular flexibility index (Phi) is 5.81. The van der Waals surface area contributed by atoms with Crippen molar-refractivity contribution >= 4 is 40.0 Å². The Morgan fingerprint density at radius 3 is 2.64 bits per heavy atom. The summed E-state index contributed by atoms with van der Waals surface area (Å²) < 4.78 is 16.5. The molecule has 0 fully saturated rings. The molecule has 0 atom stereocenters. The second-order valence-corrected chi connectivity index (χ2v) is 9.04. The fourth-order valence-corrected chi connectivity index (χ4v) is 4.11. The lowest BCUT2D eigenvalue weighted by Crippen LogP contribution is -2.32. The quantitative estimate of drug-likeness (QED) is 0.553. The van der Waals surface area contributed by atoms with Gasteiger partial charge in [-0.3, -0.25) is 14.2 Å². The van der Waals surface area contributed by atoms with Crippen LogP contribution in [0.25, 0.3) is 0 Å². The Balaban J connectivity index is 2.19. The topological polar surface area (TPSA) is 83.4 Å². The summed E-state index contributed by atoms with van der Waals surface area (Å²) in [4.78, 5) is 25.9. The number of aromatic nitrogens is 1. The number of hydrogen-bond acceptors (Lipinski definition) is 4. The molecule has 0 aliphatic heterocycles. The molecule has 150 valence electrons. The van der Waals surface area contributed by atoms with Crippen LogP contribution in [0.5, 0.6) is 0 Å². The van der Waals surface area contributed by atoms with Crippen LogP contribution in [0.4, 0.5) is 15.9 Å². The molecule has 1 aliphatic rings. The van der Waals surface area contributed by atoms with Gasteiger partial charge < -0.3 is 15.7 Å². The molecule has 0 saturated carbocycles. The molecule has 1 amide bonds. The third-order valence-corrected chi connectivity index (χ3v) is 5.59. The molecule has 28 heavy (non-hydrogen) atoms. The van der Waals surface area contributed by atoms with E-state index < -0.39 is 11.7 Å². The maximum absolute atomic E-state index is 14.4. The summed E-state index contributed by atoms with van der Waals surface area (Å²) in [6, 6.07) is 4.70. The minimum absolute atomic E-state index is 0.0944. The first-order valence-electron chi connectivity index (χ1n) is 9.00. The van der Waals surface area contributed by atoms with E-state index in [-0.39, 0.29) is 35.6 Å². The second kappa shape index (κ2) is 7.82. The number of aliphatic hydroxyl groups excluding tert-OH is 1. The largest absolute Gasteiger partial charge is 0.395 e. The van der Waals surface area contributed by atoms with Gasteiger partial charge in [-0.25, -0.2) is 4.39 Å². The summed E-state index contributed by atoms with van der Waals surface area (Å²) >= 11 is 2.01. The number of carbonyl (C=O) groups excluding carboxylic acids is 1. The highest BCUT2D eigenvalue weighted by atomic mass is 127. The molecule has 0 saturated heterocycles. The molecular weight excluding hydrogens is 476 g/mol. The lowest BCUT2D eigenvalue weighted by molar-refractivity contribution is 0.0944. The minimum Gasteiger partial charge on any atom is -0.395 e. The van der Waals surface area contributed by atoms with Gasteiger partial charge in [-0.05, 0) is 64.6 Å². The lowest BCUT2D eigenvalue weighted by atomic mass is 9.90. The van der Waals surface area contributed by atoms with Crippen LogP contribution in [0.1, 0.15) is 35.3 Å². The Hall–Kier alpha value is -1.94. The summed E-state index contributed by atoms with van der Waals surface area (Å²) in [5.74, 6) is -0.620. The summed E-state index contributed by atoms with van der Waals surface area (Å²) in [5.41, 5.74) is 1.49. The fraction of sp³-hybridized carbons (Fsp3) is 0.400. The summed E-state index contributed by atoms with van der Waals surface area (Å²) in [7, 11) is 1.57. The molecule has 6 nitrogen and oxygen atoms in total. The molecule has 3 rings (SSSR count). The number of fused-ring (bicyclic) bond motifs is 1. The Bertz CT molecular complexity index is 1000. The lowest BCUT2D eigenvalue weighted by Gasteiger charge is -2.20. The molecule has 3 N–H and O–H groups in total. The van der Waals surface area contributed by atoms with Crippen LogP contribution in [0.3, 0.4) is 0 Å². The molecular formula is C20H23FIN3O3. The van der Waals surface area contributed by atoms with Gasteiger partial charge in [0, 0.05) is 22.7 Å². The number of halogens is 2. The average Bonchev–Trinajstić information content (AvgIpc) is 2.94. The number of aliphatic hydroxyl groups is 1. The molecule has 0 radical (unpaired) electrons. The van der Waals surface area contributed by atoms with Gasteiger partial charge in [0.05, 0.1) is 17.9 Å². The first kappa shape index (κ1) is 20.8. The van der Waals surface area contributed by atoms with Gasteiger partial charge in [-0.2, -0.15) is 0 Å². The van der Waals surface area contributed by atoms with Crippen molar-refractivity contribution in [2.45, 2.75) is 26.7 Å². The molecule has 1 aromatic carbocycles. The highest BCUT2D eigenvalue weighted by molar-refractivity contribution is 14.1. The zero-order valence-corrected chi connectivity index (χ0v) is 18.2. The van der Waals surface area contributed by atoms with Crippen LogP contribution in [0, 0.1) is 14.8 Å². The standard InChI is InChI=1S/C20H23FIN3O3/c1-20(2)9-12-13(10-20)19(28)25(3)17(16(12)18(27)23-6-7-26)24-15-5-4-11(22)8-14(15)21/h4-5,8,24,26H,6-7,9-10H2,1-3H3,(H,23,27). The number of nitrogens with zero attached hydrogens (tertiary/aromatic N) is 1. The molecule has 1 aliphatic carbocycles. The number of anilines is 2. The van der Waals surface area contributed by atoms with Crippen LogP contribution in [0.15, 0.2) is 23.0 Å². The normalized spacial score (nSPS) is 14.6. The van der Waals surface area contributed by atoms with Crippen molar-refractivity contribution in [2.75, 3.05) is 18.5 Å². The van der Waals surface area contributed by atoms with Gasteiger partial charge in [0.1, 0.15) is 11.6 Å². The zero-order chi connectivity index (χ0) is 20.6. The Morgan fingerprint density at radius 1 is 1.32 bits per heavy atom. The Labute approximate surface area is 176 Å². The third kappa shape index (κ3) is 3.93. The number of amides is 1. The predicted molar refractivity (Wildman–Crippen MR) is 115 cm³/mol. The van der Waals surface area contributed by atoms with Crippen molar-refractivity contribution in [3.63, 3.8) is 0 Å². The molecule has 0 spiro atoms. The molecule has 0 unspecified atom stereocenters. The summed E-state index contributed by atoms with van der Waals surface area (Å²) in [6.45, 7) is 4.00. The fourth-order valence-electron chi connectivity index (χ4n) is 3.66. The third-order valence-electron chi connectivity index (χ3n) is 4.92. The smallest absolute Gasteiger partial charge is 0.255 e. The van der Waals surface area contributed by atoms with Crippen molar-refractivity contribution in [3.05, 3.63) is 54.6 Å². The van der Waals surface area contributed by atoms with Crippen LogP contribution >= 0.6 is 22.6 Å². The number of pyridine rings is 1. The number of rotatable bonds is 5. The van der Waals surface area contributed by atoms with E-state index in [1.54, 1.807) is 19.2 Å². The van der Waals surface area contributed by atoms with Crippen LogP contribution in [-0.2, 0) is 19.9 Å². The van der Waals surface area contributed by atoms with Gasteiger partial charge in [-0.15, -0.1) is 0 Å². The van der Waals surface area contributed by atoms with E-state index in [0.717, 1.165) is 3.57 Å². The SMILES string of the molecule is Cn1c(Nc2ccc(I)cc2F)c(C(=O)NCCO)c2c(c1=O)CC(C)(C)C2.